The van der Waals surface area contributed by atoms with Gasteiger partial charge >= 0.3 is 0 Å². The lowest BCUT2D eigenvalue weighted by atomic mass is 10.0. The van der Waals surface area contributed by atoms with Crippen LogP contribution in [0.5, 0.6) is 0 Å². The number of aryl methyl sites for hydroxylation is 1. The molecule has 1 atom stereocenters. The van der Waals surface area contributed by atoms with Crippen molar-refractivity contribution in [3.63, 3.8) is 0 Å². The van der Waals surface area contributed by atoms with Crippen molar-refractivity contribution >= 4 is 16.6 Å². The zero-order valence-electron chi connectivity index (χ0n) is 20.5. The van der Waals surface area contributed by atoms with Crippen molar-refractivity contribution in [1.29, 1.82) is 0 Å². The number of rotatable bonds is 16. The van der Waals surface area contributed by atoms with Crippen LogP contribution in [0.15, 0.2) is 48.0 Å². The van der Waals surface area contributed by atoms with Crippen molar-refractivity contribution in [2.75, 3.05) is 0 Å². The molecule has 1 aromatic carbocycles. The smallest absolute Gasteiger partial charge is 0.130 e. The zero-order chi connectivity index (χ0) is 22.5. The molecule has 31 heavy (non-hydrogen) atoms. The third kappa shape index (κ3) is 8.20. The van der Waals surface area contributed by atoms with Gasteiger partial charge in [-0.05, 0) is 31.9 Å². The quantitative estimate of drug-likeness (QED) is 0.114. The maximum absolute atomic E-state index is 5.69. The molecule has 0 saturated carbocycles. The number of aromatic nitrogens is 1. The Morgan fingerprint density at radius 1 is 0.968 bits per heavy atom. The zero-order valence-corrected chi connectivity index (χ0v) is 20.5. The maximum atomic E-state index is 5.69. The van der Waals surface area contributed by atoms with Crippen molar-refractivity contribution in [2.45, 2.75) is 105 Å². The number of allylic oxidation sites excluding steroid dienone is 1. The summed E-state index contributed by atoms with van der Waals surface area (Å²) < 4.78 is 2.38. The normalized spacial score (nSPS) is 13.0. The van der Waals surface area contributed by atoms with Crippen LogP contribution < -0.4 is 0 Å². The molecule has 0 aliphatic heterocycles. The van der Waals surface area contributed by atoms with Gasteiger partial charge < -0.3 is 9.40 Å². The Morgan fingerprint density at radius 3 is 2.35 bits per heavy atom. The van der Waals surface area contributed by atoms with Crippen LogP contribution in [0.3, 0.4) is 0 Å². The third-order valence-electron chi connectivity index (χ3n) is 6.30. The fourth-order valence-electron chi connectivity index (χ4n) is 4.09. The van der Waals surface area contributed by atoms with Crippen LogP contribution in [0.2, 0.25) is 0 Å². The van der Waals surface area contributed by atoms with E-state index in [9.17, 15) is 0 Å². The first-order chi connectivity index (χ1) is 15.1. The van der Waals surface area contributed by atoms with Crippen LogP contribution in [0.25, 0.3) is 10.9 Å². The van der Waals surface area contributed by atoms with Crippen LogP contribution in [0.4, 0.5) is 0 Å². The average molecular weight is 425 g/mol. The predicted octanol–water partition coefficient (Wildman–Crippen LogP) is 8.86. The Labute approximate surface area is 190 Å². The SMILES string of the molecule is C=C(O/N=C(\C)c1cccc2c1ccn2CCCCCCCCCC)[C@@H](C)CCCC. The number of unbranched alkanes of at least 4 members (excludes halogenated alkanes) is 8. The van der Waals surface area contributed by atoms with Crippen LogP contribution >= 0.6 is 0 Å². The third-order valence-corrected chi connectivity index (χ3v) is 6.30. The molecule has 1 heterocycles. The summed E-state index contributed by atoms with van der Waals surface area (Å²) in [6, 6.07) is 8.69. The van der Waals surface area contributed by atoms with Gasteiger partial charge in [-0.1, -0.05) is 102 Å². The summed E-state index contributed by atoms with van der Waals surface area (Å²) in [5.74, 6) is 1.09. The highest BCUT2D eigenvalue weighted by molar-refractivity contribution is 6.09. The average Bonchev–Trinajstić information content (AvgIpc) is 3.20. The Hall–Kier alpha value is -2.03. The summed E-state index contributed by atoms with van der Waals surface area (Å²) in [6.45, 7) is 13.8. The van der Waals surface area contributed by atoms with E-state index in [-0.39, 0.29) is 0 Å². The fourth-order valence-corrected chi connectivity index (χ4v) is 4.09. The highest BCUT2D eigenvalue weighted by Gasteiger charge is 2.11. The fraction of sp³-hybridized carbons (Fsp3) is 0.607. The molecule has 0 N–H and O–H groups in total. The van der Waals surface area contributed by atoms with Gasteiger partial charge in [0.05, 0.1) is 5.71 Å². The number of nitrogens with zero attached hydrogens (tertiary/aromatic N) is 2. The molecule has 2 aromatic rings. The van der Waals surface area contributed by atoms with Crippen LogP contribution in [0.1, 0.15) is 104 Å². The largest absolute Gasteiger partial charge is 0.362 e. The summed E-state index contributed by atoms with van der Waals surface area (Å²) in [7, 11) is 0. The molecule has 0 bridgehead atoms. The predicted molar refractivity (Wildman–Crippen MR) is 136 cm³/mol. The highest BCUT2D eigenvalue weighted by atomic mass is 16.6. The standard InChI is InChI=1S/C28H44N2O/c1-6-8-10-11-12-13-14-15-21-30-22-20-27-26(18-16-19-28(27)30)24(4)29-31-25(5)23(3)17-9-7-2/h16,18-20,22-23H,5-15,17,21H2,1-4H3/b29-24+/t23-/m0/s1. The second-order valence-corrected chi connectivity index (χ2v) is 9.00. The van der Waals surface area contributed by atoms with Crippen molar-refractivity contribution in [3.8, 4) is 0 Å². The van der Waals surface area contributed by atoms with E-state index in [0.717, 1.165) is 30.0 Å². The van der Waals surface area contributed by atoms with Gasteiger partial charge in [-0.3, -0.25) is 0 Å². The summed E-state index contributed by atoms with van der Waals surface area (Å²) in [5.41, 5.74) is 3.32. The van der Waals surface area contributed by atoms with E-state index in [1.807, 2.05) is 6.92 Å². The van der Waals surface area contributed by atoms with E-state index in [1.54, 1.807) is 0 Å². The van der Waals surface area contributed by atoms with Gasteiger partial charge in [-0.25, -0.2) is 0 Å². The van der Waals surface area contributed by atoms with Crippen LogP contribution in [-0.2, 0) is 11.4 Å². The van der Waals surface area contributed by atoms with E-state index in [2.05, 4.69) is 67.5 Å². The molecule has 0 aliphatic rings. The van der Waals surface area contributed by atoms with Gasteiger partial charge in [0, 0.05) is 35.1 Å². The summed E-state index contributed by atoms with van der Waals surface area (Å²) in [5, 5.41) is 5.65. The van der Waals surface area contributed by atoms with Gasteiger partial charge in [0.25, 0.3) is 0 Å². The molecule has 172 valence electrons. The lowest BCUT2D eigenvalue weighted by molar-refractivity contribution is 0.190. The molecule has 2 rings (SSSR count). The van der Waals surface area contributed by atoms with E-state index >= 15 is 0 Å². The topological polar surface area (TPSA) is 26.5 Å². The maximum Gasteiger partial charge on any atom is 0.130 e. The van der Waals surface area contributed by atoms with E-state index in [0.29, 0.717) is 5.92 Å². The number of hydrogen-bond acceptors (Lipinski definition) is 2. The molecule has 1 aromatic heterocycles. The van der Waals surface area contributed by atoms with Crippen molar-refractivity contribution in [2.24, 2.45) is 11.1 Å². The Bertz CT molecular complexity index is 818. The molecule has 3 heteroatoms. The number of benzene rings is 1. The highest BCUT2D eigenvalue weighted by Crippen LogP contribution is 2.23. The van der Waals surface area contributed by atoms with Crippen LogP contribution in [-0.4, -0.2) is 10.3 Å². The second-order valence-electron chi connectivity index (χ2n) is 9.00. The van der Waals surface area contributed by atoms with Gasteiger partial charge in [-0.15, -0.1) is 0 Å². The molecule has 0 saturated heterocycles. The van der Waals surface area contributed by atoms with Crippen molar-refractivity contribution < 1.29 is 4.84 Å². The molecular formula is C28H44N2O. The summed E-state index contributed by atoms with van der Waals surface area (Å²) >= 11 is 0. The summed E-state index contributed by atoms with van der Waals surface area (Å²) in [6.07, 6.45) is 16.5. The first-order valence-electron chi connectivity index (χ1n) is 12.6. The van der Waals surface area contributed by atoms with Gasteiger partial charge in [0.15, 0.2) is 0 Å². The van der Waals surface area contributed by atoms with Crippen molar-refractivity contribution in [3.05, 3.63) is 48.4 Å². The van der Waals surface area contributed by atoms with Crippen molar-refractivity contribution in [1.82, 2.24) is 4.57 Å². The molecule has 0 aliphatic carbocycles. The molecule has 0 fully saturated rings. The second kappa shape index (κ2) is 14.1. The molecule has 0 radical (unpaired) electrons. The van der Waals surface area contributed by atoms with Gasteiger partial charge in [0.1, 0.15) is 5.76 Å². The Balaban J connectivity index is 1.91. The molecule has 0 unspecified atom stereocenters. The van der Waals surface area contributed by atoms with Gasteiger partial charge in [0.2, 0.25) is 0 Å². The first-order valence-corrected chi connectivity index (χ1v) is 12.6. The minimum Gasteiger partial charge on any atom is -0.362 e. The molecule has 3 nitrogen and oxygen atoms in total. The van der Waals surface area contributed by atoms with E-state index in [1.165, 1.54) is 75.1 Å². The van der Waals surface area contributed by atoms with E-state index < -0.39 is 0 Å². The monoisotopic (exact) mass is 424 g/mol. The number of oxime groups is 1. The molecule has 0 amide bonds. The lowest BCUT2D eigenvalue weighted by Gasteiger charge is -2.12. The first kappa shape index (κ1) is 25.2. The minimum atomic E-state index is 0.333. The summed E-state index contributed by atoms with van der Waals surface area (Å²) in [4.78, 5) is 5.69. The Morgan fingerprint density at radius 2 is 1.65 bits per heavy atom. The number of fused-ring (bicyclic) bond motifs is 1. The van der Waals surface area contributed by atoms with E-state index in [4.69, 9.17) is 4.84 Å². The van der Waals surface area contributed by atoms with Gasteiger partial charge in [-0.2, -0.15) is 0 Å². The minimum absolute atomic E-state index is 0.333. The number of hydrogen-bond donors (Lipinski definition) is 0. The molecular weight excluding hydrogens is 380 g/mol. The lowest BCUT2D eigenvalue weighted by Crippen LogP contribution is -2.03. The van der Waals surface area contributed by atoms with Crippen LogP contribution in [0, 0.1) is 5.92 Å². The molecule has 0 spiro atoms. The Kier molecular flexibility index (Phi) is 11.5.